The van der Waals surface area contributed by atoms with Gasteiger partial charge < -0.3 is 4.90 Å². The van der Waals surface area contributed by atoms with Crippen LogP contribution in [0.3, 0.4) is 0 Å². The summed E-state index contributed by atoms with van der Waals surface area (Å²) in [6.07, 6.45) is 15.4. The molecule has 0 amide bonds. The van der Waals surface area contributed by atoms with E-state index < -0.39 is 0 Å². The third-order valence-electron chi connectivity index (χ3n) is 2.96. The second kappa shape index (κ2) is 12.6. The number of allylic oxidation sites excluding steroid dienone is 1. The van der Waals surface area contributed by atoms with Crippen LogP contribution in [0.1, 0.15) is 72.1 Å². The predicted molar refractivity (Wildman–Crippen MR) is 74.7 cm³/mol. The van der Waals surface area contributed by atoms with Crippen LogP contribution in [0.25, 0.3) is 0 Å². The van der Waals surface area contributed by atoms with Crippen LogP contribution in [0.5, 0.6) is 0 Å². The summed E-state index contributed by atoms with van der Waals surface area (Å²) in [5, 5.41) is 0. The van der Waals surface area contributed by atoms with Gasteiger partial charge in [0, 0.05) is 13.1 Å². The molecule has 0 bridgehead atoms. The van der Waals surface area contributed by atoms with E-state index in [4.69, 9.17) is 0 Å². The number of unbranched alkanes of at least 4 members (excludes halogenated alkanes) is 6. The van der Waals surface area contributed by atoms with Gasteiger partial charge in [0.25, 0.3) is 0 Å². The number of hydrogen-bond acceptors (Lipinski definition) is 1. The van der Waals surface area contributed by atoms with Crippen molar-refractivity contribution < 1.29 is 0 Å². The van der Waals surface area contributed by atoms with Crippen LogP contribution in [-0.4, -0.2) is 18.0 Å². The molecule has 0 fully saturated rings. The molecule has 0 saturated carbocycles. The van der Waals surface area contributed by atoms with E-state index in [9.17, 15) is 0 Å². The first kappa shape index (κ1) is 15.5. The Morgan fingerprint density at radius 2 is 1.25 bits per heavy atom. The lowest BCUT2D eigenvalue weighted by Crippen LogP contribution is -2.19. The predicted octanol–water partition coefficient (Wildman–Crippen LogP) is 4.98. The van der Waals surface area contributed by atoms with Gasteiger partial charge >= 0.3 is 0 Å². The van der Waals surface area contributed by atoms with Gasteiger partial charge in [-0.15, -0.1) is 0 Å². The van der Waals surface area contributed by atoms with E-state index in [0.717, 1.165) is 0 Å². The van der Waals surface area contributed by atoms with Gasteiger partial charge in [0.2, 0.25) is 0 Å². The third kappa shape index (κ3) is 10.1. The number of hydrogen-bond donors (Lipinski definition) is 0. The highest BCUT2D eigenvalue weighted by molar-refractivity contribution is 4.78. The van der Waals surface area contributed by atoms with Crippen molar-refractivity contribution in [3.05, 3.63) is 12.3 Å². The molecule has 16 heavy (non-hydrogen) atoms. The highest BCUT2D eigenvalue weighted by atomic mass is 15.1. The maximum Gasteiger partial charge on any atom is 0.0172 e. The summed E-state index contributed by atoms with van der Waals surface area (Å²) in [4.78, 5) is 2.49. The fourth-order valence-electron chi connectivity index (χ4n) is 1.96. The average molecular weight is 225 g/mol. The van der Waals surface area contributed by atoms with Crippen molar-refractivity contribution in [1.82, 2.24) is 4.90 Å². The van der Waals surface area contributed by atoms with E-state index in [0.29, 0.717) is 0 Å². The van der Waals surface area contributed by atoms with Crippen LogP contribution in [0.15, 0.2) is 12.3 Å². The quantitative estimate of drug-likeness (QED) is 0.448. The summed E-state index contributed by atoms with van der Waals surface area (Å²) >= 11 is 0. The molecule has 96 valence electrons. The minimum absolute atomic E-state index is 1.25. The van der Waals surface area contributed by atoms with Crippen molar-refractivity contribution in [2.45, 2.75) is 72.1 Å². The zero-order valence-corrected chi connectivity index (χ0v) is 11.7. The second-order valence-corrected chi connectivity index (χ2v) is 4.64. The standard InChI is InChI=1S/C15H31N/c1-4-7-9-11-14-16(13-6-3)15-12-10-8-5-2/h6,13H,4-5,7-12,14-15H2,1-3H3/b13-6+. The Labute approximate surface area is 103 Å². The van der Waals surface area contributed by atoms with E-state index in [1.165, 1.54) is 64.5 Å². The molecule has 0 heterocycles. The first-order valence-electron chi connectivity index (χ1n) is 7.22. The molecule has 1 nitrogen and oxygen atoms in total. The van der Waals surface area contributed by atoms with Gasteiger partial charge in [0.15, 0.2) is 0 Å². The fourth-order valence-corrected chi connectivity index (χ4v) is 1.96. The van der Waals surface area contributed by atoms with Crippen molar-refractivity contribution in [3.8, 4) is 0 Å². The Kier molecular flexibility index (Phi) is 12.2. The van der Waals surface area contributed by atoms with Gasteiger partial charge in [-0.1, -0.05) is 58.4 Å². The molecule has 0 aromatic heterocycles. The van der Waals surface area contributed by atoms with E-state index in [2.05, 4.69) is 37.9 Å². The topological polar surface area (TPSA) is 3.24 Å². The molecule has 0 N–H and O–H groups in total. The Balaban J connectivity index is 3.54. The lowest BCUT2D eigenvalue weighted by atomic mass is 10.2. The molecular formula is C15H31N. The molecule has 0 atom stereocenters. The SMILES string of the molecule is C/C=C/N(CCCCCC)CCCCCC. The van der Waals surface area contributed by atoms with Crippen LogP contribution >= 0.6 is 0 Å². The van der Waals surface area contributed by atoms with E-state index in [1.807, 2.05) is 0 Å². The first-order valence-corrected chi connectivity index (χ1v) is 7.22. The zero-order valence-electron chi connectivity index (χ0n) is 11.7. The molecule has 0 aromatic carbocycles. The molecular weight excluding hydrogens is 194 g/mol. The molecule has 0 aliphatic rings. The van der Waals surface area contributed by atoms with Crippen molar-refractivity contribution >= 4 is 0 Å². The molecule has 0 spiro atoms. The van der Waals surface area contributed by atoms with E-state index in [-0.39, 0.29) is 0 Å². The summed E-state index contributed by atoms with van der Waals surface area (Å²) in [7, 11) is 0. The Bertz CT molecular complexity index is 140. The van der Waals surface area contributed by atoms with Gasteiger partial charge in [-0.05, 0) is 26.0 Å². The second-order valence-electron chi connectivity index (χ2n) is 4.64. The summed E-state index contributed by atoms with van der Waals surface area (Å²) in [5.41, 5.74) is 0. The number of nitrogens with zero attached hydrogens (tertiary/aromatic N) is 1. The van der Waals surface area contributed by atoms with Crippen LogP contribution in [0, 0.1) is 0 Å². The first-order chi connectivity index (χ1) is 7.85. The summed E-state index contributed by atoms with van der Waals surface area (Å²) in [6.45, 7) is 9.15. The van der Waals surface area contributed by atoms with Crippen molar-refractivity contribution in [1.29, 1.82) is 0 Å². The van der Waals surface area contributed by atoms with Gasteiger partial charge in [0.05, 0.1) is 0 Å². The Morgan fingerprint density at radius 3 is 1.62 bits per heavy atom. The molecule has 0 aliphatic carbocycles. The molecule has 0 aromatic rings. The molecule has 0 radical (unpaired) electrons. The lowest BCUT2D eigenvalue weighted by Gasteiger charge is -2.20. The minimum Gasteiger partial charge on any atom is -0.378 e. The highest BCUT2D eigenvalue weighted by Gasteiger charge is 1.98. The van der Waals surface area contributed by atoms with E-state index >= 15 is 0 Å². The van der Waals surface area contributed by atoms with Crippen LogP contribution in [0.4, 0.5) is 0 Å². The van der Waals surface area contributed by atoms with Crippen molar-refractivity contribution in [3.63, 3.8) is 0 Å². The van der Waals surface area contributed by atoms with Crippen LogP contribution < -0.4 is 0 Å². The van der Waals surface area contributed by atoms with Crippen molar-refractivity contribution in [2.75, 3.05) is 13.1 Å². The number of rotatable bonds is 11. The van der Waals surface area contributed by atoms with Gasteiger partial charge in [-0.25, -0.2) is 0 Å². The van der Waals surface area contributed by atoms with Gasteiger partial charge in [0.1, 0.15) is 0 Å². The van der Waals surface area contributed by atoms with Crippen LogP contribution in [-0.2, 0) is 0 Å². The zero-order chi connectivity index (χ0) is 12.1. The van der Waals surface area contributed by atoms with E-state index in [1.54, 1.807) is 0 Å². The van der Waals surface area contributed by atoms with Gasteiger partial charge in [-0.3, -0.25) is 0 Å². The maximum atomic E-state index is 2.49. The molecule has 0 unspecified atom stereocenters. The molecule has 0 rings (SSSR count). The smallest absolute Gasteiger partial charge is 0.0172 e. The normalized spacial score (nSPS) is 11.2. The van der Waals surface area contributed by atoms with Gasteiger partial charge in [-0.2, -0.15) is 0 Å². The molecule has 0 aliphatic heterocycles. The summed E-state index contributed by atoms with van der Waals surface area (Å²) in [5.74, 6) is 0. The Hall–Kier alpha value is -0.460. The average Bonchev–Trinajstić information content (AvgIpc) is 2.30. The highest BCUT2D eigenvalue weighted by Crippen LogP contribution is 2.05. The summed E-state index contributed by atoms with van der Waals surface area (Å²) in [6, 6.07) is 0. The molecule has 0 saturated heterocycles. The minimum atomic E-state index is 1.25. The lowest BCUT2D eigenvalue weighted by molar-refractivity contribution is 0.351. The summed E-state index contributed by atoms with van der Waals surface area (Å²) < 4.78 is 0. The maximum absolute atomic E-state index is 2.49. The van der Waals surface area contributed by atoms with Crippen LogP contribution in [0.2, 0.25) is 0 Å². The fraction of sp³-hybridized carbons (Fsp3) is 0.867. The third-order valence-corrected chi connectivity index (χ3v) is 2.96. The Morgan fingerprint density at radius 1 is 0.750 bits per heavy atom. The molecule has 1 heteroatoms. The largest absolute Gasteiger partial charge is 0.378 e. The monoisotopic (exact) mass is 225 g/mol. The van der Waals surface area contributed by atoms with Crippen molar-refractivity contribution in [2.24, 2.45) is 0 Å².